The molecule has 76 valence electrons. The first-order valence-electron chi connectivity index (χ1n) is 4.56. The number of rotatable bonds is 1. The maximum atomic E-state index is 11.8. The molecule has 1 amide bonds. The zero-order valence-electron chi connectivity index (χ0n) is 7.93. The number of aliphatic hydroxyl groups is 1. The third-order valence-corrected chi connectivity index (χ3v) is 3.06. The van der Waals surface area contributed by atoms with E-state index in [1.807, 2.05) is 6.92 Å². The molecule has 14 heavy (non-hydrogen) atoms. The molecule has 0 saturated carbocycles. The van der Waals surface area contributed by atoms with E-state index >= 15 is 0 Å². The fourth-order valence-electron chi connectivity index (χ4n) is 1.55. The van der Waals surface area contributed by atoms with Gasteiger partial charge in [0.15, 0.2) is 0 Å². The van der Waals surface area contributed by atoms with E-state index in [0.29, 0.717) is 25.2 Å². The Balaban J connectivity index is 2.09. The average Bonchev–Trinajstić information content (AvgIpc) is 2.73. The van der Waals surface area contributed by atoms with Crippen LogP contribution < -0.4 is 0 Å². The van der Waals surface area contributed by atoms with Crippen LogP contribution in [0.3, 0.4) is 0 Å². The van der Waals surface area contributed by atoms with Gasteiger partial charge in [-0.25, -0.2) is 4.98 Å². The van der Waals surface area contributed by atoms with E-state index in [1.165, 1.54) is 11.3 Å². The molecule has 0 spiro atoms. The second-order valence-electron chi connectivity index (χ2n) is 3.45. The third-order valence-electron chi connectivity index (χ3n) is 2.29. The van der Waals surface area contributed by atoms with Gasteiger partial charge >= 0.3 is 0 Å². The van der Waals surface area contributed by atoms with Crippen LogP contribution in [0.25, 0.3) is 0 Å². The topological polar surface area (TPSA) is 53.4 Å². The number of aryl methyl sites for hydroxylation is 1. The van der Waals surface area contributed by atoms with E-state index in [9.17, 15) is 9.90 Å². The number of carbonyl (C=O) groups excluding carboxylic acids is 1. The Labute approximate surface area is 86.2 Å². The minimum atomic E-state index is -0.362. The summed E-state index contributed by atoms with van der Waals surface area (Å²) < 4.78 is 0. The Bertz CT molecular complexity index is 350. The number of thiazole rings is 1. The maximum Gasteiger partial charge on any atom is 0.273 e. The molecule has 0 bridgehead atoms. The van der Waals surface area contributed by atoms with Crippen molar-refractivity contribution in [2.24, 2.45) is 0 Å². The highest BCUT2D eigenvalue weighted by Gasteiger charge is 2.26. The van der Waals surface area contributed by atoms with Crippen molar-refractivity contribution in [2.75, 3.05) is 13.1 Å². The molecule has 1 saturated heterocycles. The summed E-state index contributed by atoms with van der Waals surface area (Å²) in [5.74, 6) is -0.0640. The van der Waals surface area contributed by atoms with Gasteiger partial charge in [-0.15, -0.1) is 11.3 Å². The fraction of sp³-hybridized carbons (Fsp3) is 0.556. The van der Waals surface area contributed by atoms with E-state index in [1.54, 1.807) is 10.3 Å². The first-order valence-corrected chi connectivity index (χ1v) is 5.44. The quantitative estimate of drug-likeness (QED) is 0.744. The summed E-state index contributed by atoms with van der Waals surface area (Å²) >= 11 is 1.47. The monoisotopic (exact) mass is 212 g/mol. The molecule has 0 aliphatic carbocycles. The van der Waals surface area contributed by atoms with Gasteiger partial charge in [-0.1, -0.05) is 0 Å². The molecule has 1 atom stereocenters. The summed E-state index contributed by atoms with van der Waals surface area (Å²) in [4.78, 5) is 17.5. The highest BCUT2D eigenvalue weighted by molar-refractivity contribution is 7.09. The van der Waals surface area contributed by atoms with Gasteiger partial charge in [0.1, 0.15) is 5.69 Å². The largest absolute Gasteiger partial charge is 0.391 e. The van der Waals surface area contributed by atoms with Crippen LogP contribution in [0, 0.1) is 6.92 Å². The molecule has 0 unspecified atom stereocenters. The van der Waals surface area contributed by atoms with Gasteiger partial charge in [0.2, 0.25) is 0 Å². The molecule has 5 heteroatoms. The van der Waals surface area contributed by atoms with Crippen molar-refractivity contribution in [1.82, 2.24) is 9.88 Å². The number of aromatic nitrogens is 1. The van der Waals surface area contributed by atoms with Gasteiger partial charge < -0.3 is 10.0 Å². The fourth-order valence-corrected chi connectivity index (χ4v) is 2.14. The summed E-state index contributed by atoms with van der Waals surface area (Å²) in [7, 11) is 0. The minimum Gasteiger partial charge on any atom is -0.391 e. The second kappa shape index (κ2) is 3.67. The van der Waals surface area contributed by atoms with Crippen LogP contribution in [0.4, 0.5) is 0 Å². The molecule has 4 nitrogen and oxygen atoms in total. The third kappa shape index (κ3) is 1.78. The first kappa shape index (κ1) is 9.61. The second-order valence-corrected chi connectivity index (χ2v) is 4.51. The van der Waals surface area contributed by atoms with Crippen LogP contribution >= 0.6 is 11.3 Å². The molecule has 1 aromatic rings. The summed E-state index contributed by atoms with van der Waals surface area (Å²) in [5.41, 5.74) is 0.501. The van der Waals surface area contributed by atoms with Gasteiger partial charge in [0, 0.05) is 18.5 Å². The lowest BCUT2D eigenvalue weighted by atomic mass is 10.3. The molecule has 1 aliphatic heterocycles. The van der Waals surface area contributed by atoms with Crippen molar-refractivity contribution >= 4 is 17.2 Å². The van der Waals surface area contributed by atoms with Crippen LogP contribution in [0.1, 0.15) is 21.9 Å². The number of aliphatic hydroxyl groups excluding tert-OH is 1. The molecule has 2 rings (SSSR count). The maximum absolute atomic E-state index is 11.8. The minimum absolute atomic E-state index is 0.0640. The van der Waals surface area contributed by atoms with Gasteiger partial charge in [-0.05, 0) is 13.3 Å². The van der Waals surface area contributed by atoms with Crippen LogP contribution in [0.2, 0.25) is 0 Å². The number of hydrogen-bond donors (Lipinski definition) is 1. The predicted octanol–water partition coefficient (Wildman–Crippen LogP) is 0.658. The van der Waals surface area contributed by atoms with Gasteiger partial charge in [-0.3, -0.25) is 4.79 Å². The lowest BCUT2D eigenvalue weighted by Crippen LogP contribution is -2.29. The van der Waals surface area contributed by atoms with Crippen LogP contribution in [-0.4, -0.2) is 40.1 Å². The zero-order valence-corrected chi connectivity index (χ0v) is 8.75. The molecule has 2 heterocycles. The molecule has 1 N–H and O–H groups in total. The number of nitrogens with zero attached hydrogens (tertiary/aromatic N) is 2. The van der Waals surface area contributed by atoms with E-state index in [-0.39, 0.29) is 12.0 Å². The number of hydrogen-bond acceptors (Lipinski definition) is 4. The molecule has 1 aliphatic rings. The van der Waals surface area contributed by atoms with Crippen molar-refractivity contribution in [3.63, 3.8) is 0 Å². The Morgan fingerprint density at radius 3 is 3.07 bits per heavy atom. The molecular formula is C9H12N2O2S. The lowest BCUT2D eigenvalue weighted by molar-refractivity contribution is 0.0760. The Morgan fingerprint density at radius 1 is 1.79 bits per heavy atom. The molecular weight excluding hydrogens is 200 g/mol. The van der Waals surface area contributed by atoms with Gasteiger partial charge in [-0.2, -0.15) is 0 Å². The van der Waals surface area contributed by atoms with E-state index in [0.717, 1.165) is 5.01 Å². The van der Waals surface area contributed by atoms with Crippen molar-refractivity contribution in [2.45, 2.75) is 19.4 Å². The number of β-amino-alcohol motifs (C(OH)–C–C–N with tert-alkyl or cyclic N) is 1. The number of amides is 1. The van der Waals surface area contributed by atoms with Crippen molar-refractivity contribution in [1.29, 1.82) is 0 Å². The summed E-state index contributed by atoms with van der Waals surface area (Å²) in [6, 6.07) is 0. The van der Waals surface area contributed by atoms with Gasteiger partial charge in [0.05, 0.1) is 11.1 Å². The first-order chi connectivity index (χ1) is 6.66. The molecule has 0 radical (unpaired) electrons. The van der Waals surface area contributed by atoms with E-state index < -0.39 is 0 Å². The van der Waals surface area contributed by atoms with Crippen LogP contribution in [-0.2, 0) is 0 Å². The Morgan fingerprint density at radius 2 is 2.57 bits per heavy atom. The van der Waals surface area contributed by atoms with Crippen LogP contribution in [0.5, 0.6) is 0 Å². The predicted molar refractivity (Wildman–Crippen MR) is 53.4 cm³/mol. The molecule has 1 fully saturated rings. The number of carbonyl (C=O) groups is 1. The van der Waals surface area contributed by atoms with Crippen LogP contribution in [0.15, 0.2) is 5.38 Å². The summed E-state index contributed by atoms with van der Waals surface area (Å²) in [5, 5.41) is 12.0. The molecule has 0 aromatic carbocycles. The summed E-state index contributed by atoms with van der Waals surface area (Å²) in [6.45, 7) is 2.95. The van der Waals surface area contributed by atoms with Crippen molar-refractivity contribution in [3.05, 3.63) is 16.1 Å². The van der Waals surface area contributed by atoms with Gasteiger partial charge in [0.25, 0.3) is 5.91 Å². The van der Waals surface area contributed by atoms with Crippen molar-refractivity contribution in [3.8, 4) is 0 Å². The van der Waals surface area contributed by atoms with E-state index in [4.69, 9.17) is 0 Å². The highest BCUT2D eigenvalue weighted by atomic mass is 32.1. The summed E-state index contributed by atoms with van der Waals surface area (Å²) in [6.07, 6.45) is 0.313. The Kier molecular flexibility index (Phi) is 2.52. The zero-order chi connectivity index (χ0) is 10.1. The highest BCUT2D eigenvalue weighted by Crippen LogP contribution is 2.15. The normalized spacial score (nSPS) is 21.6. The van der Waals surface area contributed by atoms with Crippen molar-refractivity contribution < 1.29 is 9.90 Å². The SMILES string of the molecule is Cc1nc(C(=O)N2CC[C@@H](O)C2)cs1. The Hall–Kier alpha value is -0.940. The van der Waals surface area contributed by atoms with E-state index in [2.05, 4.69) is 4.98 Å². The number of likely N-dealkylation sites (tertiary alicyclic amines) is 1. The average molecular weight is 212 g/mol. The standard InChI is InChI=1S/C9H12N2O2S/c1-6-10-8(5-14-6)9(13)11-3-2-7(12)4-11/h5,7,12H,2-4H2,1H3/t7-/m1/s1. The molecule has 1 aromatic heterocycles. The lowest BCUT2D eigenvalue weighted by Gasteiger charge is -2.13. The smallest absolute Gasteiger partial charge is 0.273 e.